The van der Waals surface area contributed by atoms with Crippen LogP contribution in [0.25, 0.3) is 0 Å². The average molecular weight is 227 g/mol. The van der Waals surface area contributed by atoms with Gasteiger partial charge in [0.1, 0.15) is 0 Å². The SMILES string of the molecule is C[O][Sb]1[O]CCC[O]1. The molecule has 0 aromatic carbocycles. The summed E-state index contributed by atoms with van der Waals surface area (Å²) in [5.41, 5.74) is 0. The molecule has 0 spiro atoms. The molecule has 1 heterocycles. The van der Waals surface area contributed by atoms with Crippen LogP contribution in [0, 0.1) is 0 Å². The van der Waals surface area contributed by atoms with Gasteiger partial charge in [-0.05, 0) is 0 Å². The Balaban J connectivity index is 2.13. The summed E-state index contributed by atoms with van der Waals surface area (Å²) in [6.07, 6.45) is 1.02. The Labute approximate surface area is 57.6 Å². The third-order valence-electron chi connectivity index (χ3n) is 0.831. The van der Waals surface area contributed by atoms with E-state index in [1.54, 1.807) is 7.11 Å². The molecule has 0 radical (unpaired) electrons. The molecule has 1 aliphatic heterocycles. The predicted molar refractivity (Wildman–Crippen MR) is 29.3 cm³/mol. The van der Waals surface area contributed by atoms with Crippen molar-refractivity contribution in [1.29, 1.82) is 0 Å². The Bertz CT molecular complexity index is 62.3. The summed E-state index contributed by atoms with van der Waals surface area (Å²) in [5, 5.41) is 0. The fraction of sp³-hybridized carbons (Fsp3) is 1.00. The van der Waals surface area contributed by atoms with Crippen LogP contribution < -0.4 is 0 Å². The van der Waals surface area contributed by atoms with Crippen LogP contribution in [0.1, 0.15) is 6.42 Å². The zero-order chi connectivity index (χ0) is 5.82. The van der Waals surface area contributed by atoms with Crippen LogP contribution in [-0.2, 0) is 9.05 Å². The first-order valence-corrected chi connectivity index (χ1v) is 5.66. The van der Waals surface area contributed by atoms with E-state index in [1.807, 2.05) is 0 Å². The van der Waals surface area contributed by atoms with Crippen LogP contribution in [0.2, 0.25) is 0 Å². The molecule has 3 nitrogen and oxygen atoms in total. The summed E-state index contributed by atoms with van der Waals surface area (Å²) in [6.45, 7) is 1.66. The molecule has 1 fully saturated rings. The summed E-state index contributed by atoms with van der Waals surface area (Å²) >= 11 is -1.99. The molecule has 48 valence electrons. The molecule has 1 rings (SSSR count). The summed E-state index contributed by atoms with van der Waals surface area (Å²) < 4.78 is 15.3. The molecule has 0 atom stereocenters. The Hall–Kier alpha value is 0.698. The number of hydrogen-bond donors (Lipinski definition) is 0. The minimum absolute atomic E-state index is 0.830. The summed E-state index contributed by atoms with van der Waals surface area (Å²) in [5.74, 6) is 0. The molecular weight excluding hydrogens is 218 g/mol. The predicted octanol–water partition coefficient (Wildman–Crippen LogP) is 0.0546. The molecule has 1 saturated heterocycles. The molecule has 0 bridgehead atoms. The van der Waals surface area contributed by atoms with Crippen LogP contribution in [0.15, 0.2) is 0 Å². The first kappa shape index (κ1) is 6.81. The van der Waals surface area contributed by atoms with Crippen LogP contribution in [0.3, 0.4) is 0 Å². The third-order valence-corrected chi connectivity index (χ3v) is 3.93. The van der Waals surface area contributed by atoms with Crippen LogP contribution in [-0.4, -0.2) is 41.8 Å². The Kier molecular flexibility index (Phi) is 3.13. The van der Waals surface area contributed by atoms with E-state index < -0.39 is 21.5 Å². The fourth-order valence-corrected chi connectivity index (χ4v) is 2.88. The van der Waals surface area contributed by atoms with Crippen molar-refractivity contribution in [1.82, 2.24) is 0 Å². The van der Waals surface area contributed by atoms with E-state index in [1.165, 1.54) is 0 Å². The molecule has 8 heavy (non-hydrogen) atoms. The van der Waals surface area contributed by atoms with E-state index in [-0.39, 0.29) is 0 Å². The zero-order valence-electron chi connectivity index (χ0n) is 4.79. The molecule has 0 aromatic heterocycles. The van der Waals surface area contributed by atoms with Crippen molar-refractivity contribution >= 4 is 21.5 Å². The molecule has 0 amide bonds. The maximum atomic E-state index is 5.17. The van der Waals surface area contributed by atoms with Gasteiger partial charge in [-0.3, -0.25) is 0 Å². The minimum atomic E-state index is -1.99. The quantitative estimate of drug-likeness (QED) is 0.592. The first-order valence-electron chi connectivity index (χ1n) is 2.53. The van der Waals surface area contributed by atoms with Gasteiger partial charge < -0.3 is 0 Å². The first-order chi connectivity index (χ1) is 3.93. The van der Waals surface area contributed by atoms with E-state index in [0.717, 1.165) is 19.6 Å². The molecule has 1 aliphatic rings. The van der Waals surface area contributed by atoms with E-state index in [2.05, 4.69) is 0 Å². The van der Waals surface area contributed by atoms with Gasteiger partial charge in [-0.25, -0.2) is 0 Å². The Morgan fingerprint density at radius 1 is 1.38 bits per heavy atom. The van der Waals surface area contributed by atoms with Gasteiger partial charge in [-0.2, -0.15) is 0 Å². The summed E-state index contributed by atoms with van der Waals surface area (Å²) in [6, 6.07) is 0. The topological polar surface area (TPSA) is 27.7 Å². The van der Waals surface area contributed by atoms with Gasteiger partial charge >= 0.3 is 57.3 Å². The molecule has 0 N–H and O–H groups in total. The van der Waals surface area contributed by atoms with Crippen molar-refractivity contribution in [3.63, 3.8) is 0 Å². The van der Waals surface area contributed by atoms with Crippen molar-refractivity contribution in [3.05, 3.63) is 0 Å². The summed E-state index contributed by atoms with van der Waals surface area (Å²) in [7, 11) is 1.65. The number of rotatable bonds is 1. The Morgan fingerprint density at radius 3 is 2.38 bits per heavy atom. The van der Waals surface area contributed by atoms with Gasteiger partial charge in [-0.15, -0.1) is 0 Å². The zero-order valence-corrected chi connectivity index (χ0v) is 7.35. The third kappa shape index (κ3) is 1.90. The standard InChI is InChI=1S/C3H6O2.CH3O.Sb/c4-2-1-3-5;1-2;/h1-3H2;1H3;/q-2;-1;+3. The van der Waals surface area contributed by atoms with Crippen LogP contribution >= 0.6 is 0 Å². The summed E-state index contributed by atoms with van der Waals surface area (Å²) in [4.78, 5) is 0. The van der Waals surface area contributed by atoms with Crippen LogP contribution in [0.5, 0.6) is 0 Å². The second-order valence-electron chi connectivity index (χ2n) is 1.43. The monoisotopic (exact) mass is 226 g/mol. The molecule has 0 aliphatic carbocycles. The maximum absolute atomic E-state index is 5.17. The van der Waals surface area contributed by atoms with E-state index in [9.17, 15) is 0 Å². The Morgan fingerprint density at radius 2 is 2.00 bits per heavy atom. The second-order valence-corrected chi connectivity index (χ2v) is 5.22. The van der Waals surface area contributed by atoms with Crippen molar-refractivity contribution in [2.45, 2.75) is 6.42 Å². The second kappa shape index (κ2) is 3.67. The van der Waals surface area contributed by atoms with Crippen molar-refractivity contribution < 1.29 is 9.05 Å². The normalized spacial score (nSPS) is 23.6. The van der Waals surface area contributed by atoms with E-state index >= 15 is 0 Å². The molecule has 0 aromatic rings. The van der Waals surface area contributed by atoms with E-state index in [4.69, 9.17) is 9.05 Å². The van der Waals surface area contributed by atoms with Crippen molar-refractivity contribution in [2.24, 2.45) is 0 Å². The molecule has 0 saturated carbocycles. The van der Waals surface area contributed by atoms with Crippen molar-refractivity contribution in [2.75, 3.05) is 20.3 Å². The average Bonchev–Trinajstić information content (AvgIpc) is 1.90. The van der Waals surface area contributed by atoms with Gasteiger partial charge in [0, 0.05) is 0 Å². The van der Waals surface area contributed by atoms with Gasteiger partial charge in [0.05, 0.1) is 0 Å². The van der Waals surface area contributed by atoms with Crippen LogP contribution in [0.4, 0.5) is 0 Å². The van der Waals surface area contributed by atoms with Gasteiger partial charge in [0.25, 0.3) is 0 Å². The van der Waals surface area contributed by atoms with E-state index in [0.29, 0.717) is 0 Å². The van der Waals surface area contributed by atoms with Gasteiger partial charge in [-0.1, -0.05) is 0 Å². The molecular formula is C4H9O3Sb. The van der Waals surface area contributed by atoms with Gasteiger partial charge in [0.15, 0.2) is 0 Å². The number of hydrogen-bond acceptors (Lipinski definition) is 3. The van der Waals surface area contributed by atoms with Gasteiger partial charge in [0.2, 0.25) is 0 Å². The molecule has 4 heteroatoms. The fourth-order valence-electron chi connectivity index (χ4n) is 0.480. The molecule has 0 unspecified atom stereocenters. The van der Waals surface area contributed by atoms with Crippen molar-refractivity contribution in [3.8, 4) is 0 Å².